The van der Waals surface area contributed by atoms with Gasteiger partial charge >= 0.3 is 0 Å². The summed E-state index contributed by atoms with van der Waals surface area (Å²) in [5.41, 5.74) is 2.62. The first-order valence-corrected chi connectivity index (χ1v) is 9.68. The summed E-state index contributed by atoms with van der Waals surface area (Å²) in [4.78, 5) is 0. The van der Waals surface area contributed by atoms with E-state index >= 15 is 0 Å². The Bertz CT molecular complexity index is 527. The van der Waals surface area contributed by atoms with Gasteiger partial charge in [0.15, 0.2) is 0 Å². The minimum absolute atomic E-state index is 0.0135. The molecule has 0 amide bonds. The van der Waals surface area contributed by atoms with Crippen LogP contribution in [0.5, 0.6) is 0 Å². The molecule has 0 saturated heterocycles. The van der Waals surface area contributed by atoms with Crippen LogP contribution in [0.2, 0.25) is 0 Å². The van der Waals surface area contributed by atoms with E-state index in [4.69, 9.17) is 0 Å². The molecule has 21 heavy (non-hydrogen) atoms. The molecule has 0 bridgehead atoms. The van der Waals surface area contributed by atoms with Gasteiger partial charge in [-0.3, -0.25) is 0 Å². The zero-order chi connectivity index (χ0) is 16.1. The lowest BCUT2D eigenvalue weighted by atomic mass is 9.86. The highest BCUT2D eigenvalue weighted by molar-refractivity contribution is 7.90. The number of sulfone groups is 1. The Hall–Kier alpha value is -0.870. The first-order chi connectivity index (χ1) is 9.62. The molecule has 0 aromatic heterocycles. The highest BCUT2D eigenvalue weighted by atomic mass is 32.2. The molecule has 120 valence electrons. The molecule has 0 aliphatic heterocycles. The quantitative estimate of drug-likeness (QED) is 0.842. The summed E-state index contributed by atoms with van der Waals surface area (Å²) in [5.74, 6) is 0.189. The van der Waals surface area contributed by atoms with Crippen molar-refractivity contribution >= 4 is 9.84 Å². The minimum atomic E-state index is -2.97. The normalized spacial score (nSPS) is 14.1. The van der Waals surface area contributed by atoms with Gasteiger partial charge in [0.2, 0.25) is 0 Å². The van der Waals surface area contributed by atoms with Crippen molar-refractivity contribution in [1.82, 2.24) is 5.32 Å². The number of rotatable bonds is 7. The maximum absolute atomic E-state index is 11.5. The molecular weight excluding hydrogens is 282 g/mol. The molecule has 0 radical (unpaired) electrons. The number of hydrogen-bond donors (Lipinski definition) is 1. The molecule has 1 N–H and O–H groups in total. The van der Waals surface area contributed by atoms with Gasteiger partial charge in [0.1, 0.15) is 9.84 Å². The van der Waals surface area contributed by atoms with Crippen LogP contribution in [-0.4, -0.2) is 33.0 Å². The molecule has 0 heterocycles. The van der Waals surface area contributed by atoms with Crippen molar-refractivity contribution in [3.63, 3.8) is 0 Å². The van der Waals surface area contributed by atoms with Crippen molar-refractivity contribution in [3.8, 4) is 0 Å². The van der Waals surface area contributed by atoms with Crippen LogP contribution in [0.3, 0.4) is 0 Å². The highest BCUT2D eigenvalue weighted by Crippen LogP contribution is 2.22. The van der Waals surface area contributed by atoms with Gasteiger partial charge in [0.25, 0.3) is 0 Å². The van der Waals surface area contributed by atoms with Crippen LogP contribution < -0.4 is 5.32 Å². The van der Waals surface area contributed by atoms with Crippen LogP contribution in [0.1, 0.15) is 45.2 Å². The summed E-state index contributed by atoms with van der Waals surface area (Å²) in [5, 5.41) is 3.34. The summed E-state index contributed by atoms with van der Waals surface area (Å²) in [6.45, 7) is 9.51. The van der Waals surface area contributed by atoms with E-state index in [1.165, 1.54) is 17.4 Å². The number of hydrogen-bond acceptors (Lipinski definition) is 3. The second-order valence-corrected chi connectivity index (χ2v) is 9.08. The van der Waals surface area contributed by atoms with E-state index in [2.05, 4.69) is 57.3 Å². The smallest absolute Gasteiger partial charge is 0.148 e. The fourth-order valence-corrected chi connectivity index (χ4v) is 3.30. The molecule has 0 saturated carbocycles. The van der Waals surface area contributed by atoms with Crippen molar-refractivity contribution in [2.45, 2.75) is 52.0 Å². The third-order valence-corrected chi connectivity index (χ3v) is 4.50. The van der Waals surface area contributed by atoms with Crippen molar-refractivity contribution in [2.75, 3.05) is 18.6 Å². The molecule has 1 aromatic carbocycles. The summed E-state index contributed by atoms with van der Waals surface area (Å²) >= 11 is 0. The van der Waals surface area contributed by atoms with Crippen LogP contribution in [0, 0.1) is 0 Å². The number of benzene rings is 1. The second-order valence-electron chi connectivity index (χ2n) is 6.89. The Morgan fingerprint density at radius 3 is 2.14 bits per heavy atom. The molecule has 1 unspecified atom stereocenters. The van der Waals surface area contributed by atoms with E-state index in [-0.39, 0.29) is 17.2 Å². The molecular formula is C17H29NO2S. The monoisotopic (exact) mass is 311 g/mol. The third kappa shape index (κ3) is 7.09. The molecule has 0 aliphatic rings. The Morgan fingerprint density at radius 2 is 1.71 bits per heavy atom. The maximum atomic E-state index is 11.5. The van der Waals surface area contributed by atoms with Crippen LogP contribution >= 0.6 is 0 Å². The van der Waals surface area contributed by atoms with Gasteiger partial charge in [0.05, 0.1) is 5.75 Å². The van der Waals surface area contributed by atoms with E-state index < -0.39 is 9.84 Å². The van der Waals surface area contributed by atoms with Crippen LogP contribution in [0.15, 0.2) is 24.3 Å². The molecule has 3 nitrogen and oxygen atoms in total. The van der Waals surface area contributed by atoms with Crippen LogP contribution in [0.4, 0.5) is 0 Å². The van der Waals surface area contributed by atoms with Crippen molar-refractivity contribution < 1.29 is 8.42 Å². The largest absolute Gasteiger partial charge is 0.313 e. The summed E-state index contributed by atoms with van der Waals surface area (Å²) < 4.78 is 23.1. The Balaban J connectivity index is 2.78. The standard InChI is InChI=1S/C17H29NO2S/c1-6-11-18-16(13-21(5,19)20)12-14-7-9-15(10-8-14)17(2,3)4/h7-10,16,18H,6,11-13H2,1-5H3. The summed E-state index contributed by atoms with van der Waals surface area (Å²) in [6, 6.07) is 8.51. The van der Waals surface area contributed by atoms with Crippen molar-refractivity contribution in [1.29, 1.82) is 0 Å². The minimum Gasteiger partial charge on any atom is -0.313 e. The highest BCUT2D eigenvalue weighted by Gasteiger charge is 2.17. The SMILES string of the molecule is CCCNC(Cc1ccc(C(C)(C)C)cc1)CS(C)(=O)=O. The Morgan fingerprint density at radius 1 is 1.14 bits per heavy atom. The fourth-order valence-electron chi connectivity index (χ4n) is 2.33. The Kier molecular flexibility index (Phi) is 6.41. The molecule has 0 spiro atoms. The van der Waals surface area contributed by atoms with E-state index in [1.54, 1.807) is 0 Å². The van der Waals surface area contributed by atoms with Gasteiger partial charge in [-0.15, -0.1) is 0 Å². The zero-order valence-electron chi connectivity index (χ0n) is 13.9. The summed E-state index contributed by atoms with van der Waals surface area (Å²) in [6.07, 6.45) is 3.05. The van der Waals surface area contributed by atoms with Gasteiger partial charge in [0, 0.05) is 12.3 Å². The molecule has 0 aliphatic carbocycles. The topological polar surface area (TPSA) is 46.2 Å². The van der Waals surface area contributed by atoms with Gasteiger partial charge in [-0.1, -0.05) is 52.0 Å². The predicted octanol–water partition coefficient (Wildman–Crippen LogP) is 2.94. The summed E-state index contributed by atoms with van der Waals surface area (Å²) in [7, 11) is -2.97. The molecule has 1 aromatic rings. The van der Waals surface area contributed by atoms with Crippen molar-refractivity contribution in [2.24, 2.45) is 0 Å². The Labute approximate surface area is 130 Å². The maximum Gasteiger partial charge on any atom is 0.148 e. The van der Waals surface area contributed by atoms with E-state index in [0.29, 0.717) is 0 Å². The molecule has 4 heteroatoms. The van der Waals surface area contributed by atoms with E-state index in [0.717, 1.165) is 19.4 Å². The van der Waals surface area contributed by atoms with Gasteiger partial charge in [-0.2, -0.15) is 0 Å². The second kappa shape index (κ2) is 7.41. The third-order valence-electron chi connectivity index (χ3n) is 3.49. The van der Waals surface area contributed by atoms with E-state index in [1.807, 2.05) is 0 Å². The number of nitrogens with one attached hydrogen (secondary N) is 1. The lowest BCUT2D eigenvalue weighted by molar-refractivity contribution is 0.530. The average Bonchev–Trinajstić information content (AvgIpc) is 2.33. The van der Waals surface area contributed by atoms with Gasteiger partial charge in [-0.25, -0.2) is 8.42 Å². The van der Waals surface area contributed by atoms with Gasteiger partial charge < -0.3 is 5.32 Å². The average molecular weight is 311 g/mol. The first kappa shape index (κ1) is 18.2. The van der Waals surface area contributed by atoms with Crippen LogP contribution in [-0.2, 0) is 21.7 Å². The van der Waals surface area contributed by atoms with Gasteiger partial charge in [-0.05, 0) is 35.9 Å². The fraction of sp³-hybridized carbons (Fsp3) is 0.647. The van der Waals surface area contributed by atoms with E-state index in [9.17, 15) is 8.42 Å². The first-order valence-electron chi connectivity index (χ1n) is 7.62. The lowest BCUT2D eigenvalue weighted by Gasteiger charge is -2.21. The molecule has 1 atom stereocenters. The molecule has 0 fully saturated rings. The van der Waals surface area contributed by atoms with Crippen molar-refractivity contribution in [3.05, 3.63) is 35.4 Å². The van der Waals surface area contributed by atoms with Crippen LogP contribution in [0.25, 0.3) is 0 Å². The zero-order valence-corrected chi connectivity index (χ0v) is 14.8. The lowest BCUT2D eigenvalue weighted by Crippen LogP contribution is -2.37. The molecule has 1 rings (SSSR count). The predicted molar refractivity (Wildman–Crippen MR) is 90.6 cm³/mol.